The molecule has 4 N–H and O–H groups in total. The van der Waals surface area contributed by atoms with Crippen LogP contribution in [0, 0.1) is 11.3 Å². The maximum atomic E-state index is 11.0. The second kappa shape index (κ2) is 3.29. The summed E-state index contributed by atoms with van der Waals surface area (Å²) in [6.07, 6.45) is 0. The molecule has 2 atom stereocenters. The molecule has 0 amide bonds. The van der Waals surface area contributed by atoms with E-state index in [2.05, 4.69) is 0 Å². The number of aromatic hydroxyl groups is 3. The van der Waals surface area contributed by atoms with Crippen molar-refractivity contribution >= 4 is 5.97 Å². The fourth-order valence-corrected chi connectivity index (χ4v) is 2.56. The third-order valence-corrected chi connectivity index (χ3v) is 3.53. The van der Waals surface area contributed by atoms with Gasteiger partial charge in [0.15, 0.2) is 0 Å². The number of benzene rings is 1. The van der Waals surface area contributed by atoms with Crippen LogP contribution >= 0.6 is 0 Å². The number of phenolic OH excluding ortho intramolecular Hbond substituents is 3. The zero-order valence-electron chi connectivity index (χ0n) is 9.51. The van der Waals surface area contributed by atoms with E-state index in [1.54, 1.807) is 13.8 Å². The maximum Gasteiger partial charge on any atom is 0.307 e. The van der Waals surface area contributed by atoms with Crippen molar-refractivity contribution in [2.45, 2.75) is 19.8 Å². The van der Waals surface area contributed by atoms with Crippen molar-refractivity contribution in [2.24, 2.45) is 11.3 Å². The van der Waals surface area contributed by atoms with Crippen LogP contribution in [0.5, 0.6) is 17.2 Å². The number of aliphatic carboxylic acids is 1. The van der Waals surface area contributed by atoms with Gasteiger partial charge in [-0.15, -0.1) is 0 Å². The van der Waals surface area contributed by atoms with Crippen LogP contribution < -0.4 is 0 Å². The predicted molar refractivity (Wildman–Crippen MR) is 59.1 cm³/mol. The van der Waals surface area contributed by atoms with Gasteiger partial charge >= 0.3 is 5.97 Å². The standard InChI is InChI=1S/C12H14O5/c1-12(2)9(10(12)11(16)17)8-6(14)3-5(13)4-7(8)15/h3-4,9-10,13-15H,1-2H3,(H,16,17). The van der Waals surface area contributed by atoms with Gasteiger partial charge in [0.1, 0.15) is 17.2 Å². The summed E-state index contributed by atoms with van der Waals surface area (Å²) in [7, 11) is 0. The van der Waals surface area contributed by atoms with Crippen LogP contribution in [0.15, 0.2) is 12.1 Å². The van der Waals surface area contributed by atoms with Crippen molar-refractivity contribution in [3.05, 3.63) is 17.7 Å². The average Bonchev–Trinajstić information content (AvgIpc) is 2.67. The second-order valence-electron chi connectivity index (χ2n) is 5.01. The predicted octanol–water partition coefficient (Wildman–Crippen LogP) is 1.63. The summed E-state index contributed by atoms with van der Waals surface area (Å²) < 4.78 is 0. The van der Waals surface area contributed by atoms with Crippen LogP contribution in [0.4, 0.5) is 0 Å². The zero-order chi connectivity index (χ0) is 13.0. The van der Waals surface area contributed by atoms with Gasteiger partial charge in [-0.1, -0.05) is 13.8 Å². The molecule has 0 aliphatic heterocycles. The zero-order valence-corrected chi connectivity index (χ0v) is 9.51. The Morgan fingerprint density at radius 1 is 1.18 bits per heavy atom. The topological polar surface area (TPSA) is 98.0 Å². The van der Waals surface area contributed by atoms with Gasteiger partial charge in [0.2, 0.25) is 0 Å². The molecule has 0 bridgehead atoms. The average molecular weight is 238 g/mol. The van der Waals surface area contributed by atoms with Crippen molar-refractivity contribution in [2.75, 3.05) is 0 Å². The van der Waals surface area contributed by atoms with E-state index in [4.69, 9.17) is 5.11 Å². The number of phenols is 3. The molecule has 0 radical (unpaired) electrons. The molecule has 5 heteroatoms. The number of carbonyl (C=O) groups is 1. The van der Waals surface area contributed by atoms with E-state index in [-0.39, 0.29) is 22.8 Å². The SMILES string of the molecule is CC1(C)C(C(=O)O)C1c1c(O)cc(O)cc1O. The summed E-state index contributed by atoms with van der Waals surface area (Å²) in [5, 5.41) is 37.6. The lowest BCUT2D eigenvalue weighted by atomic mass is 10.0. The first-order valence-electron chi connectivity index (χ1n) is 5.24. The molecule has 1 aromatic carbocycles. The van der Waals surface area contributed by atoms with Gasteiger partial charge in [0.25, 0.3) is 0 Å². The molecule has 17 heavy (non-hydrogen) atoms. The van der Waals surface area contributed by atoms with E-state index >= 15 is 0 Å². The molecule has 5 nitrogen and oxygen atoms in total. The summed E-state index contributed by atoms with van der Waals surface area (Å²) in [4.78, 5) is 11.0. The number of carboxylic acids is 1. The monoisotopic (exact) mass is 238 g/mol. The summed E-state index contributed by atoms with van der Waals surface area (Å²) in [5.41, 5.74) is -0.321. The molecule has 0 spiro atoms. The summed E-state index contributed by atoms with van der Waals surface area (Å²) in [6.45, 7) is 3.53. The van der Waals surface area contributed by atoms with E-state index in [1.807, 2.05) is 0 Å². The van der Waals surface area contributed by atoms with E-state index < -0.39 is 23.2 Å². The van der Waals surface area contributed by atoms with Crippen molar-refractivity contribution in [3.8, 4) is 17.2 Å². The highest BCUT2D eigenvalue weighted by molar-refractivity contribution is 5.78. The minimum absolute atomic E-state index is 0.195. The molecule has 2 rings (SSSR count). The molecular weight excluding hydrogens is 224 g/mol. The highest BCUT2D eigenvalue weighted by Gasteiger charge is 2.64. The van der Waals surface area contributed by atoms with Gasteiger partial charge < -0.3 is 20.4 Å². The van der Waals surface area contributed by atoms with Crippen LogP contribution in [0.2, 0.25) is 0 Å². The Bertz CT molecular complexity index is 469. The molecule has 0 aromatic heterocycles. The lowest BCUT2D eigenvalue weighted by Gasteiger charge is -2.08. The molecule has 1 aliphatic rings. The van der Waals surface area contributed by atoms with Crippen molar-refractivity contribution in [1.29, 1.82) is 0 Å². The molecule has 1 saturated carbocycles. The molecule has 1 fully saturated rings. The normalized spacial score (nSPS) is 25.5. The Labute approximate surface area is 98.0 Å². The van der Waals surface area contributed by atoms with Crippen molar-refractivity contribution in [1.82, 2.24) is 0 Å². The number of hydrogen-bond acceptors (Lipinski definition) is 4. The highest BCUT2D eigenvalue weighted by atomic mass is 16.4. The van der Waals surface area contributed by atoms with Crippen LogP contribution in [-0.2, 0) is 4.79 Å². The molecule has 1 aromatic rings. The lowest BCUT2D eigenvalue weighted by Crippen LogP contribution is -2.03. The van der Waals surface area contributed by atoms with Gasteiger partial charge in [-0.2, -0.15) is 0 Å². The minimum Gasteiger partial charge on any atom is -0.508 e. The molecule has 2 unspecified atom stereocenters. The Kier molecular flexibility index (Phi) is 2.24. The summed E-state index contributed by atoms with van der Waals surface area (Å²) in [6, 6.07) is 2.20. The van der Waals surface area contributed by atoms with Gasteiger partial charge in [0.05, 0.1) is 5.92 Å². The van der Waals surface area contributed by atoms with Crippen LogP contribution in [-0.4, -0.2) is 26.4 Å². The fourth-order valence-electron chi connectivity index (χ4n) is 2.56. The first kappa shape index (κ1) is 11.6. The Hall–Kier alpha value is -1.91. The smallest absolute Gasteiger partial charge is 0.307 e. The molecule has 0 saturated heterocycles. The van der Waals surface area contributed by atoms with Gasteiger partial charge in [-0.05, 0) is 5.41 Å². The first-order chi connectivity index (χ1) is 7.76. The first-order valence-corrected chi connectivity index (χ1v) is 5.24. The number of carboxylic acid groups (broad SMARTS) is 1. The van der Waals surface area contributed by atoms with E-state index in [9.17, 15) is 20.1 Å². The fraction of sp³-hybridized carbons (Fsp3) is 0.417. The second-order valence-corrected chi connectivity index (χ2v) is 5.01. The van der Waals surface area contributed by atoms with Crippen LogP contribution in [0.25, 0.3) is 0 Å². The van der Waals surface area contributed by atoms with Gasteiger partial charge in [-0.25, -0.2) is 0 Å². The third kappa shape index (κ3) is 1.58. The summed E-state index contributed by atoms with van der Waals surface area (Å²) in [5.74, 6) is -2.83. The number of rotatable bonds is 2. The quantitative estimate of drug-likeness (QED) is 0.627. The van der Waals surface area contributed by atoms with Crippen LogP contribution in [0.1, 0.15) is 25.3 Å². The molecular formula is C12H14O5. The molecule has 0 heterocycles. The van der Waals surface area contributed by atoms with E-state index in [0.717, 1.165) is 12.1 Å². The maximum absolute atomic E-state index is 11.0. The largest absolute Gasteiger partial charge is 0.508 e. The number of hydrogen-bond donors (Lipinski definition) is 4. The van der Waals surface area contributed by atoms with Crippen molar-refractivity contribution < 1.29 is 25.2 Å². The third-order valence-electron chi connectivity index (χ3n) is 3.53. The Morgan fingerprint density at radius 2 is 1.65 bits per heavy atom. The minimum atomic E-state index is -0.952. The van der Waals surface area contributed by atoms with E-state index in [1.165, 1.54) is 0 Å². The van der Waals surface area contributed by atoms with Gasteiger partial charge in [0, 0.05) is 23.6 Å². The summed E-state index contributed by atoms with van der Waals surface area (Å²) >= 11 is 0. The molecule has 92 valence electrons. The van der Waals surface area contributed by atoms with Crippen LogP contribution in [0.3, 0.4) is 0 Å². The molecule has 1 aliphatic carbocycles. The van der Waals surface area contributed by atoms with Gasteiger partial charge in [-0.3, -0.25) is 4.79 Å². The Balaban J connectivity index is 2.47. The Morgan fingerprint density at radius 3 is 2.00 bits per heavy atom. The highest BCUT2D eigenvalue weighted by Crippen LogP contribution is 2.67. The lowest BCUT2D eigenvalue weighted by molar-refractivity contribution is -0.139. The van der Waals surface area contributed by atoms with Crippen molar-refractivity contribution in [3.63, 3.8) is 0 Å². The van der Waals surface area contributed by atoms with E-state index in [0.29, 0.717) is 0 Å².